The van der Waals surface area contributed by atoms with Crippen molar-refractivity contribution in [2.24, 2.45) is 0 Å². The minimum absolute atomic E-state index is 0.0123. The van der Waals surface area contributed by atoms with Crippen molar-refractivity contribution < 1.29 is 19.1 Å². The summed E-state index contributed by atoms with van der Waals surface area (Å²) in [6.07, 6.45) is 0. The van der Waals surface area contributed by atoms with Crippen LogP contribution in [-0.2, 0) is 10.5 Å². The number of aromatic carboxylic acids is 1. The van der Waals surface area contributed by atoms with E-state index in [0.717, 1.165) is 11.8 Å². The van der Waals surface area contributed by atoms with Gasteiger partial charge in [-0.15, -0.1) is 23.1 Å². The topological polar surface area (TPSA) is 66.4 Å². The number of halogens is 1. The van der Waals surface area contributed by atoms with Gasteiger partial charge in [0.05, 0.1) is 17.0 Å². The molecule has 7 heteroatoms. The number of nitrogens with one attached hydrogen (secondary N) is 1. The lowest BCUT2D eigenvalue weighted by Crippen LogP contribution is -2.15. The summed E-state index contributed by atoms with van der Waals surface area (Å²) < 4.78 is 13.6. The quantitative estimate of drug-likeness (QED) is 0.853. The van der Waals surface area contributed by atoms with Crippen LogP contribution in [0.4, 0.5) is 10.1 Å². The van der Waals surface area contributed by atoms with Crippen LogP contribution in [0.5, 0.6) is 0 Å². The third kappa shape index (κ3) is 4.57. The van der Waals surface area contributed by atoms with Crippen LogP contribution in [0.3, 0.4) is 0 Å². The SMILES string of the molecule is O=C(CSCc1cccs1)Nc1ccc(C(=O)O)cc1F. The summed E-state index contributed by atoms with van der Waals surface area (Å²) in [7, 11) is 0. The Morgan fingerprint density at radius 3 is 2.76 bits per heavy atom. The van der Waals surface area contributed by atoms with E-state index in [2.05, 4.69) is 5.32 Å². The molecule has 0 unspecified atom stereocenters. The number of hydrogen-bond acceptors (Lipinski definition) is 4. The molecule has 0 saturated heterocycles. The van der Waals surface area contributed by atoms with Crippen LogP contribution in [0.25, 0.3) is 0 Å². The molecule has 0 aliphatic heterocycles. The van der Waals surface area contributed by atoms with Crippen molar-refractivity contribution in [3.8, 4) is 0 Å². The Labute approximate surface area is 129 Å². The molecule has 0 bridgehead atoms. The first-order valence-corrected chi connectivity index (χ1v) is 8.02. The van der Waals surface area contributed by atoms with Crippen LogP contribution in [0.15, 0.2) is 35.7 Å². The maximum Gasteiger partial charge on any atom is 0.335 e. The fraction of sp³-hybridized carbons (Fsp3) is 0.143. The third-order valence-electron chi connectivity index (χ3n) is 2.55. The highest BCUT2D eigenvalue weighted by molar-refractivity contribution is 7.99. The molecular formula is C14H12FNO3S2. The summed E-state index contributed by atoms with van der Waals surface area (Å²) in [5.74, 6) is -1.35. The lowest BCUT2D eigenvalue weighted by atomic mass is 10.2. The molecular weight excluding hydrogens is 313 g/mol. The van der Waals surface area contributed by atoms with Gasteiger partial charge < -0.3 is 10.4 Å². The Balaban J connectivity index is 1.86. The zero-order valence-electron chi connectivity index (χ0n) is 10.8. The molecule has 1 heterocycles. The first-order valence-electron chi connectivity index (χ1n) is 5.99. The van der Waals surface area contributed by atoms with Crippen molar-refractivity contribution in [2.75, 3.05) is 11.1 Å². The van der Waals surface area contributed by atoms with Crippen molar-refractivity contribution in [1.29, 1.82) is 0 Å². The van der Waals surface area contributed by atoms with Crippen LogP contribution >= 0.6 is 23.1 Å². The third-order valence-corrected chi connectivity index (χ3v) is 4.59. The normalized spacial score (nSPS) is 10.3. The highest BCUT2D eigenvalue weighted by atomic mass is 32.2. The van der Waals surface area contributed by atoms with E-state index in [1.165, 1.54) is 28.8 Å². The van der Waals surface area contributed by atoms with Crippen molar-refractivity contribution in [1.82, 2.24) is 0 Å². The zero-order chi connectivity index (χ0) is 15.2. The number of thioether (sulfide) groups is 1. The summed E-state index contributed by atoms with van der Waals surface area (Å²) >= 11 is 3.05. The molecule has 21 heavy (non-hydrogen) atoms. The summed E-state index contributed by atoms with van der Waals surface area (Å²) in [4.78, 5) is 23.6. The second-order valence-corrected chi connectivity index (χ2v) is 6.14. The van der Waals surface area contributed by atoms with Gasteiger partial charge >= 0.3 is 5.97 Å². The van der Waals surface area contributed by atoms with Crippen LogP contribution in [-0.4, -0.2) is 22.7 Å². The largest absolute Gasteiger partial charge is 0.478 e. The smallest absolute Gasteiger partial charge is 0.335 e. The van der Waals surface area contributed by atoms with Gasteiger partial charge in [0.15, 0.2) is 0 Å². The van der Waals surface area contributed by atoms with Crippen LogP contribution in [0.2, 0.25) is 0 Å². The minimum atomic E-state index is -1.21. The molecule has 0 spiro atoms. The Morgan fingerprint density at radius 2 is 2.14 bits per heavy atom. The molecule has 0 atom stereocenters. The van der Waals surface area contributed by atoms with Gasteiger partial charge in [0.25, 0.3) is 0 Å². The number of rotatable bonds is 6. The number of carbonyl (C=O) groups excluding carboxylic acids is 1. The average Bonchev–Trinajstić information content (AvgIpc) is 2.94. The molecule has 4 nitrogen and oxygen atoms in total. The molecule has 2 rings (SSSR count). The summed E-state index contributed by atoms with van der Waals surface area (Å²) in [6.45, 7) is 0. The van der Waals surface area contributed by atoms with E-state index in [4.69, 9.17) is 5.11 Å². The van der Waals surface area contributed by atoms with Gasteiger partial charge in [0, 0.05) is 10.6 Å². The zero-order valence-corrected chi connectivity index (χ0v) is 12.5. The minimum Gasteiger partial charge on any atom is -0.478 e. The molecule has 0 aliphatic carbocycles. The number of amides is 1. The Morgan fingerprint density at radius 1 is 1.33 bits per heavy atom. The summed E-state index contributed by atoms with van der Waals surface area (Å²) in [5.41, 5.74) is -0.167. The second-order valence-electron chi connectivity index (χ2n) is 4.12. The second kappa shape index (κ2) is 7.24. The summed E-state index contributed by atoms with van der Waals surface area (Å²) in [5, 5.41) is 13.1. The summed E-state index contributed by atoms with van der Waals surface area (Å²) in [6, 6.07) is 7.32. The first kappa shape index (κ1) is 15.5. The van der Waals surface area contributed by atoms with Gasteiger partial charge in [-0.1, -0.05) is 6.07 Å². The van der Waals surface area contributed by atoms with E-state index in [1.54, 1.807) is 11.3 Å². The number of carbonyl (C=O) groups is 2. The van der Waals surface area contributed by atoms with Crippen LogP contribution in [0, 0.1) is 5.82 Å². The molecule has 0 fully saturated rings. The fourth-order valence-electron chi connectivity index (χ4n) is 1.57. The predicted molar refractivity (Wildman–Crippen MR) is 82.5 cm³/mol. The number of carboxylic acid groups (broad SMARTS) is 1. The predicted octanol–water partition coefficient (Wildman–Crippen LogP) is 3.46. The number of thiophene rings is 1. The maximum atomic E-state index is 13.6. The molecule has 110 valence electrons. The molecule has 0 saturated carbocycles. The molecule has 2 aromatic rings. The average molecular weight is 325 g/mol. The van der Waals surface area contributed by atoms with E-state index < -0.39 is 11.8 Å². The van der Waals surface area contributed by atoms with E-state index in [1.807, 2.05) is 17.5 Å². The van der Waals surface area contributed by atoms with Crippen molar-refractivity contribution in [2.45, 2.75) is 5.75 Å². The standard InChI is InChI=1S/C14H12FNO3S2/c15-11-6-9(14(18)19)3-4-12(11)16-13(17)8-20-7-10-2-1-5-21-10/h1-6H,7-8H2,(H,16,17)(H,18,19). The number of benzene rings is 1. The Kier molecular flexibility index (Phi) is 5.35. The number of anilines is 1. The molecule has 1 aromatic carbocycles. The monoisotopic (exact) mass is 325 g/mol. The van der Waals surface area contributed by atoms with Crippen molar-refractivity contribution >= 4 is 40.7 Å². The van der Waals surface area contributed by atoms with E-state index in [0.29, 0.717) is 0 Å². The van der Waals surface area contributed by atoms with Crippen LogP contribution in [0.1, 0.15) is 15.2 Å². The highest BCUT2D eigenvalue weighted by Gasteiger charge is 2.11. The van der Waals surface area contributed by atoms with Gasteiger partial charge in [-0.05, 0) is 29.6 Å². The number of hydrogen-bond donors (Lipinski definition) is 2. The molecule has 0 aliphatic rings. The van der Waals surface area contributed by atoms with Gasteiger partial charge in [-0.25, -0.2) is 9.18 Å². The Bertz CT molecular complexity index is 644. The van der Waals surface area contributed by atoms with Gasteiger partial charge in [-0.2, -0.15) is 0 Å². The number of carboxylic acids is 1. The molecule has 1 amide bonds. The van der Waals surface area contributed by atoms with Gasteiger partial charge in [0.2, 0.25) is 5.91 Å². The highest BCUT2D eigenvalue weighted by Crippen LogP contribution is 2.19. The van der Waals surface area contributed by atoms with E-state index >= 15 is 0 Å². The molecule has 0 radical (unpaired) electrons. The maximum absolute atomic E-state index is 13.6. The van der Waals surface area contributed by atoms with Gasteiger partial charge in [-0.3, -0.25) is 4.79 Å². The molecule has 1 aromatic heterocycles. The van der Waals surface area contributed by atoms with Crippen molar-refractivity contribution in [3.05, 3.63) is 52.0 Å². The van der Waals surface area contributed by atoms with Gasteiger partial charge in [0.1, 0.15) is 5.82 Å². The van der Waals surface area contributed by atoms with Crippen LogP contribution < -0.4 is 5.32 Å². The fourth-order valence-corrected chi connectivity index (χ4v) is 3.24. The Hall–Kier alpha value is -1.86. The molecule has 2 N–H and O–H groups in total. The lowest BCUT2D eigenvalue weighted by molar-refractivity contribution is -0.113. The first-order chi connectivity index (χ1) is 10.1. The van der Waals surface area contributed by atoms with E-state index in [-0.39, 0.29) is 22.9 Å². The van der Waals surface area contributed by atoms with Crippen molar-refractivity contribution in [3.63, 3.8) is 0 Å². The lowest BCUT2D eigenvalue weighted by Gasteiger charge is -2.06. The van der Waals surface area contributed by atoms with E-state index in [9.17, 15) is 14.0 Å².